The summed E-state index contributed by atoms with van der Waals surface area (Å²) in [6, 6.07) is 7.56. The topological polar surface area (TPSA) is 41.9 Å². The van der Waals surface area contributed by atoms with Crippen LogP contribution in [0.25, 0.3) is 0 Å². The van der Waals surface area contributed by atoms with Gasteiger partial charge in [-0.1, -0.05) is 23.7 Å². The van der Waals surface area contributed by atoms with Crippen molar-refractivity contribution in [2.45, 2.75) is 38.6 Å². The molecule has 0 saturated carbocycles. The number of nitrogens with zero attached hydrogens (tertiary/aromatic N) is 1. The van der Waals surface area contributed by atoms with E-state index >= 15 is 0 Å². The number of halogens is 1. The normalized spacial score (nSPS) is 21.0. The Bertz CT molecular complexity index is 424. The molecule has 22 heavy (non-hydrogen) atoms. The number of rotatable bonds is 8. The molecule has 2 unspecified atom stereocenters. The summed E-state index contributed by atoms with van der Waals surface area (Å²) in [4.78, 5) is 2.26. The maximum atomic E-state index is 10.1. The van der Waals surface area contributed by atoms with Gasteiger partial charge < -0.3 is 14.6 Å². The molecule has 1 aliphatic heterocycles. The lowest BCUT2D eigenvalue weighted by Crippen LogP contribution is -2.44. The van der Waals surface area contributed by atoms with Crippen LogP contribution in [0.3, 0.4) is 0 Å². The van der Waals surface area contributed by atoms with Crippen LogP contribution < -0.4 is 0 Å². The van der Waals surface area contributed by atoms with Crippen LogP contribution >= 0.6 is 11.6 Å². The quantitative estimate of drug-likeness (QED) is 0.797. The molecule has 1 aromatic carbocycles. The number of hydrogen-bond donors (Lipinski definition) is 1. The minimum absolute atomic E-state index is 0.306. The van der Waals surface area contributed by atoms with E-state index in [1.165, 1.54) is 0 Å². The average molecular weight is 328 g/mol. The van der Waals surface area contributed by atoms with E-state index < -0.39 is 6.10 Å². The number of aliphatic hydroxyl groups is 1. The lowest BCUT2D eigenvalue weighted by molar-refractivity contribution is -0.0259. The van der Waals surface area contributed by atoms with E-state index in [2.05, 4.69) is 4.90 Å². The van der Waals surface area contributed by atoms with Gasteiger partial charge in [-0.15, -0.1) is 0 Å². The molecular formula is C17H26ClNO3. The molecule has 1 aromatic rings. The minimum Gasteiger partial charge on any atom is -0.389 e. The van der Waals surface area contributed by atoms with Gasteiger partial charge in [-0.25, -0.2) is 0 Å². The lowest BCUT2D eigenvalue weighted by atomic mass is 10.1. The SMILES string of the molecule is CCOC1CCCN(CC(O)COCc2ccc(Cl)cc2)C1. The first kappa shape index (κ1) is 17.7. The molecule has 0 aliphatic carbocycles. The molecule has 0 radical (unpaired) electrons. The standard InChI is InChI=1S/C17H26ClNO3/c1-2-22-17-4-3-9-19(11-17)10-16(20)13-21-12-14-5-7-15(18)8-6-14/h5-8,16-17,20H,2-4,9-13H2,1H3. The molecule has 124 valence electrons. The first-order valence-corrected chi connectivity index (χ1v) is 8.39. The molecule has 5 heteroatoms. The summed E-state index contributed by atoms with van der Waals surface area (Å²) in [6.07, 6.45) is 2.09. The van der Waals surface area contributed by atoms with Crippen molar-refractivity contribution in [3.8, 4) is 0 Å². The summed E-state index contributed by atoms with van der Waals surface area (Å²) >= 11 is 5.84. The van der Waals surface area contributed by atoms with Gasteiger partial charge in [0.15, 0.2) is 0 Å². The molecular weight excluding hydrogens is 302 g/mol. The molecule has 2 atom stereocenters. The average Bonchev–Trinajstić information content (AvgIpc) is 2.50. The fourth-order valence-corrected chi connectivity index (χ4v) is 2.92. The van der Waals surface area contributed by atoms with Gasteiger partial charge in [-0.3, -0.25) is 4.90 Å². The largest absolute Gasteiger partial charge is 0.389 e. The highest BCUT2D eigenvalue weighted by Gasteiger charge is 2.21. The van der Waals surface area contributed by atoms with E-state index in [4.69, 9.17) is 21.1 Å². The van der Waals surface area contributed by atoms with Crippen LogP contribution in [-0.4, -0.2) is 55.1 Å². The molecule has 0 spiro atoms. The second-order valence-corrected chi connectivity index (χ2v) is 6.21. The third kappa shape index (κ3) is 6.23. The Morgan fingerprint density at radius 3 is 2.86 bits per heavy atom. The zero-order valence-electron chi connectivity index (χ0n) is 13.2. The smallest absolute Gasteiger partial charge is 0.0900 e. The molecule has 1 aliphatic rings. The third-order valence-corrected chi connectivity index (χ3v) is 4.08. The highest BCUT2D eigenvalue weighted by molar-refractivity contribution is 6.30. The van der Waals surface area contributed by atoms with Crippen LogP contribution in [0.5, 0.6) is 0 Å². The van der Waals surface area contributed by atoms with Gasteiger partial charge in [0.25, 0.3) is 0 Å². The number of piperidine rings is 1. The lowest BCUT2D eigenvalue weighted by Gasteiger charge is -2.33. The Hall–Kier alpha value is -0.650. The molecule has 0 amide bonds. The zero-order valence-corrected chi connectivity index (χ0v) is 14.0. The zero-order chi connectivity index (χ0) is 15.8. The van der Waals surface area contributed by atoms with Crippen LogP contribution in [-0.2, 0) is 16.1 Å². The van der Waals surface area contributed by atoms with Crippen molar-refractivity contribution in [1.82, 2.24) is 4.90 Å². The molecule has 1 N–H and O–H groups in total. The van der Waals surface area contributed by atoms with Gasteiger partial charge in [0.2, 0.25) is 0 Å². The van der Waals surface area contributed by atoms with Gasteiger partial charge in [0.1, 0.15) is 0 Å². The van der Waals surface area contributed by atoms with Crippen LogP contribution in [0.1, 0.15) is 25.3 Å². The van der Waals surface area contributed by atoms with Crippen molar-refractivity contribution in [2.75, 3.05) is 32.8 Å². The number of hydrogen-bond acceptors (Lipinski definition) is 4. The third-order valence-electron chi connectivity index (χ3n) is 3.83. The van der Waals surface area contributed by atoms with Crippen LogP contribution in [0, 0.1) is 0 Å². The van der Waals surface area contributed by atoms with E-state index in [9.17, 15) is 5.11 Å². The highest BCUT2D eigenvalue weighted by atomic mass is 35.5. The van der Waals surface area contributed by atoms with Crippen molar-refractivity contribution in [1.29, 1.82) is 0 Å². The van der Waals surface area contributed by atoms with Crippen LogP contribution in [0.4, 0.5) is 0 Å². The first-order valence-electron chi connectivity index (χ1n) is 8.01. The van der Waals surface area contributed by atoms with Crippen molar-refractivity contribution in [3.05, 3.63) is 34.9 Å². The van der Waals surface area contributed by atoms with Gasteiger partial charge in [0.05, 0.1) is 25.4 Å². The highest BCUT2D eigenvalue weighted by Crippen LogP contribution is 2.14. The minimum atomic E-state index is -0.465. The molecule has 1 saturated heterocycles. The van der Waals surface area contributed by atoms with E-state index in [0.717, 1.165) is 43.1 Å². The molecule has 2 rings (SSSR count). The summed E-state index contributed by atoms with van der Waals surface area (Å²) in [5.41, 5.74) is 1.06. The summed E-state index contributed by atoms with van der Waals surface area (Å²) in [7, 11) is 0. The Kier molecular flexibility index (Phi) is 7.63. The van der Waals surface area contributed by atoms with Crippen LogP contribution in [0.15, 0.2) is 24.3 Å². The molecule has 1 fully saturated rings. The number of ether oxygens (including phenoxy) is 2. The Morgan fingerprint density at radius 1 is 1.36 bits per heavy atom. The number of benzene rings is 1. The van der Waals surface area contributed by atoms with E-state index in [-0.39, 0.29) is 0 Å². The van der Waals surface area contributed by atoms with Gasteiger partial charge in [0, 0.05) is 24.7 Å². The van der Waals surface area contributed by atoms with Gasteiger partial charge in [-0.05, 0) is 44.0 Å². The predicted octanol–water partition coefficient (Wildman–Crippen LogP) is 2.72. The van der Waals surface area contributed by atoms with E-state index in [1.54, 1.807) is 0 Å². The molecule has 0 aromatic heterocycles. The molecule has 4 nitrogen and oxygen atoms in total. The maximum Gasteiger partial charge on any atom is 0.0900 e. The fraction of sp³-hybridized carbons (Fsp3) is 0.647. The van der Waals surface area contributed by atoms with Crippen molar-refractivity contribution < 1.29 is 14.6 Å². The van der Waals surface area contributed by atoms with Gasteiger partial charge in [-0.2, -0.15) is 0 Å². The summed E-state index contributed by atoms with van der Waals surface area (Å²) < 4.78 is 11.3. The first-order chi connectivity index (χ1) is 10.7. The fourth-order valence-electron chi connectivity index (χ4n) is 2.79. The van der Waals surface area contributed by atoms with Crippen molar-refractivity contribution in [3.63, 3.8) is 0 Å². The Morgan fingerprint density at radius 2 is 2.14 bits per heavy atom. The summed E-state index contributed by atoms with van der Waals surface area (Å²) in [5.74, 6) is 0. The van der Waals surface area contributed by atoms with Crippen LogP contribution in [0.2, 0.25) is 5.02 Å². The summed E-state index contributed by atoms with van der Waals surface area (Å²) in [6.45, 7) is 6.20. The Labute approximate surface area is 138 Å². The number of likely N-dealkylation sites (tertiary alicyclic amines) is 1. The second-order valence-electron chi connectivity index (χ2n) is 5.77. The van der Waals surface area contributed by atoms with Crippen molar-refractivity contribution >= 4 is 11.6 Å². The maximum absolute atomic E-state index is 10.1. The molecule has 1 heterocycles. The van der Waals surface area contributed by atoms with E-state index in [1.807, 2.05) is 31.2 Å². The summed E-state index contributed by atoms with van der Waals surface area (Å²) in [5, 5.41) is 10.8. The van der Waals surface area contributed by atoms with Gasteiger partial charge >= 0.3 is 0 Å². The van der Waals surface area contributed by atoms with E-state index in [0.29, 0.717) is 25.9 Å². The molecule has 0 bridgehead atoms. The predicted molar refractivity (Wildman–Crippen MR) is 88.2 cm³/mol. The number of aliphatic hydroxyl groups excluding tert-OH is 1. The number of β-amino-alcohol motifs (C(OH)–C–C–N with tert-alkyl or cyclic N) is 1. The monoisotopic (exact) mass is 327 g/mol. The van der Waals surface area contributed by atoms with Crippen molar-refractivity contribution in [2.24, 2.45) is 0 Å². The Balaban J connectivity index is 1.64. The second kappa shape index (κ2) is 9.48.